The topological polar surface area (TPSA) is 52.2 Å². The molecule has 3 heterocycles. The maximum Gasteiger partial charge on any atom is 0.0530 e. The Morgan fingerprint density at radius 2 is 2.38 bits per heavy atom. The molecular formula is C16H27N5. The molecule has 0 aliphatic carbocycles. The van der Waals surface area contributed by atoms with E-state index in [4.69, 9.17) is 0 Å². The van der Waals surface area contributed by atoms with Gasteiger partial charge in [-0.2, -0.15) is 0 Å². The lowest BCUT2D eigenvalue weighted by atomic mass is 9.96. The van der Waals surface area contributed by atoms with Crippen molar-refractivity contribution < 1.29 is 0 Å². The smallest absolute Gasteiger partial charge is 0.0530 e. The van der Waals surface area contributed by atoms with Crippen molar-refractivity contribution >= 4 is 0 Å². The second-order valence-electron chi connectivity index (χ2n) is 6.53. The SMILES string of the molecule is CC(C)N1CCC(NCC2CNNC2c2cccnc2)C1. The number of hydrogen-bond acceptors (Lipinski definition) is 5. The summed E-state index contributed by atoms with van der Waals surface area (Å²) in [6.45, 7) is 9.03. The molecular weight excluding hydrogens is 262 g/mol. The van der Waals surface area contributed by atoms with Gasteiger partial charge in [0.1, 0.15) is 0 Å². The summed E-state index contributed by atoms with van der Waals surface area (Å²) in [5.74, 6) is 0.572. The minimum absolute atomic E-state index is 0.355. The van der Waals surface area contributed by atoms with Crippen LogP contribution in [0, 0.1) is 5.92 Å². The molecule has 3 atom stereocenters. The Morgan fingerprint density at radius 1 is 1.48 bits per heavy atom. The van der Waals surface area contributed by atoms with Crippen LogP contribution in [-0.4, -0.2) is 48.1 Å². The maximum absolute atomic E-state index is 4.24. The van der Waals surface area contributed by atoms with E-state index in [-0.39, 0.29) is 0 Å². The third-order valence-corrected chi connectivity index (χ3v) is 4.76. The molecule has 1 aromatic rings. The molecule has 2 aliphatic rings. The third-order valence-electron chi connectivity index (χ3n) is 4.76. The Bertz CT molecular complexity index is 436. The molecule has 2 aliphatic heterocycles. The van der Waals surface area contributed by atoms with E-state index in [0.717, 1.165) is 13.1 Å². The molecule has 5 heteroatoms. The van der Waals surface area contributed by atoms with Gasteiger partial charge in [-0.3, -0.25) is 15.3 Å². The van der Waals surface area contributed by atoms with Crippen molar-refractivity contribution in [2.24, 2.45) is 5.92 Å². The van der Waals surface area contributed by atoms with Crippen molar-refractivity contribution in [1.82, 2.24) is 26.1 Å². The highest BCUT2D eigenvalue weighted by Gasteiger charge is 2.30. The van der Waals surface area contributed by atoms with Crippen LogP contribution < -0.4 is 16.2 Å². The van der Waals surface area contributed by atoms with Gasteiger partial charge in [0, 0.05) is 50.0 Å². The Morgan fingerprint density at radius 3 is 3.10 bits per heavy atom. The molecule has 2 fully saturated rings. The first-order valence-corrected chi connectivity index (χ1v) is 8.10. The molecule has 21 heavy (non-hydrogen) atoms. The molecule has 116 valence electrons. The Hall–Kier alpha value is -1.01. The van der Waals surface area contributed by atoms with Crippen LogP contribution in [0.3, 0.4) is 0 Å². The molecule has 0 bridgehead atoms. The summed E-state index contributed by atoms with van der Waals surface area (Å²) in [6.07, 6.45) is 5.06. The molecule has 0 aromatic carbocycles. The minimum Gasteiger partial charge on any atom is -0.312 e. The number of pyridine rings is 1. The van der Waals surface area contributed by atoms with Crippen molar-refractivity contribution in [3.05, 3.63) is 30.1 Å². The van der Waals surface area contributed by atoms with Gasteiger partial charge in [-0.15, -0.1) is 0 Å². The fourth-order valence-electron chi connectivity index (χ4n) is 3.38. The fourth-order valence-corrected chi connectivity index (χ4v) is 3.38. The summed E-state index contributed by atoms with van der Waals surface area (Å²) in [7, 11) is 0. The van der Waals surface area contributed by atoms with Crippen LogP contribution in [-0.2, 0) is 0 Å². The van der Waals surface area contributed by atoms with Crippen molar-refractivity contribution in [3.8, 4) is 0 Å². The van der Waals surface area contributed by atoms with E-state index in [2.05, 4.69) is 46.0 Å². The van der Waals surface area contributed by atoms with Crippen LogP contribution in [0.4, 0.5) is 0 Å². The molecule has 0 spiro atoms. The lowest BCUT2D eigenvalue weighted by Gasteiger charge is -2.23. The largest absolute Gasteiger partial charge is 0.312 e. The number of aromatic nitrogens is 1. The molecule has 0 saturated carbocycles. The number of hydrogen-bond donors (Lipinski definition) is 3. The van der Waals surface area contributed by atoms with E-state index < -0.39 is 0 Å². The number of hydrazine groups is 1. The lowest BCUT2D eigenvalue weighted by Crippen LogP contribution is -2.38. The van der Waals surface area contributed by atoms with Crippen LogP contribution in [0.5, 0.6) is 0 Å². The zero-order chi connectivity index (χ0) is 14.7. The molecule has 0 radical (unpaired) electrons. The van der Waals surface area contributed by atoms with Gasteiger partial charge in [0.25, 0.3) is 0 Å². The second-order valence-corrected chi connectivity index (χ2v) is 6.53. The molecule has 3 unspecified atom stereocenters. The van der Waals surface area contributed by atoms with E-state index in [1.807, 2.05) is 18.5 Å². The van der Waals surface area contributed by atoms with E-state index >= 15 is 0 Å². The first-order chi connectivity index (χ1) is 10.2. The van der Waals surface area contributed by atoms with Gasteiger partial charge in [0.15, 0.2) is 0 Å². The van der Waals surface area contributed by atoms with E-state index in [1.54, 1.807) is 0 Å². The number of nitrogens with one attached hydrogen (secondary N) is 3. The van der Waals surface area contributed by atoms with Crippen molar-refractivity contribution in [1.29, 1.82) is 0 Å². The summed E-state index contributed by atoms with van der Waals surface area (Å²) in [5, 5.41) is 3.77. The Balaban J connectivity index is 1.51. The predicted octanol–water partition coefficient (Wildman–Crippen LogP) is 0.919. The van der Waals surface area contributed by atoms with Crippen molar-refractivity contribution in [3.63, 3.8) is 0 Å². The number of likely N-dealkylation sites (tertiary alicyclic amines) is 1. The molecule has 2 saturated heterocycles. The second kappa shape index (κ2) is 6.83. The van der Waals surface area contributed by atoms with Gasteiger partial charge in [-0.1, -0.05) is 6.07 Å². The molecule has 3 rings (SSSR count). The van der Waals surface area contributed by atoms with Gasteiger partial charge in [0.2, 0.25) is 0 Å². The normalized spacial score (nSPS) is 30.3. The monoisotopic (exact) mass is 289 g/mol. The van der Waals surface area contributed by atoms with Crippen LogP contribution >= 0.6 is 0 Å². The van der Waals surface area contributed by atoms with E-state index in [0.29, 0.717) is 24.0 Å². The summed E-state index contributed by atoms with van der Waals surface area (Å²) >= 11 is 0. The van der Waals surface area contributed by atoms with Gasteiger partial charge in [-0.05, 0) is 38.4 Å². The van der Waals surface area contributed by atoms with Crippen molar-refractivity contribution in [2.45, 2.75) is 38.4 Å². The highest BCUT2D eigenvalue weighted by Crippen LogP contribution is 2.24. The quantitative estimate of drug-likeness (QED) is 0.752. The van der Waals surface area contributed by atoms with Gasteiger partial charge >= 0.3 is 0 Å². The van der Waals surface area contributed by atoms with Gasteiger partial charge in [-0.25, -0.2) is 5.43 Å². The molecule has 3 N–H and O–H groups in total. The minimum atomic E-state index is 0.355. The van der Waals surface area contributed by atoms with Crippen molar-refractivity contribution in [2.75, 3.05) is 26.2 Å². The molecule has 0 amide bonds. The summed E-state index contributed by atoms with van der Waals surface area (Å²) in [4.78, 5) is 6.79. The average molecular weight is 289 g/mol. The Labute approximate surface area is 127 Å². The standard InChI is InChI=1S/C16H27N5/c1-12(2)21-7-5-15(11-21)18-9-14-10-19-20-16(14)13-4-3-6-17-8-13/h3-4,6,8,12,14-16,18-20H,5,7,9-11H2,1-2H3. The highest BCUT2D eigenvalue weighted by molar-refractivity contribution is 5.16. The Kier molecular flexibility index (Phi) is 4.85. The number of nitrogens with zero attached hydrogens (tertiary/aromatic N) is 2. The number of rotatable bonds is 5. The third kappa shape index (κ3) is 3.61. The van der Waals surface area contributed by atoms with Gasteiger partial charge in [0.05, 0.1) is 6.04 Å². The predicted molar refractivity (Wildman–Crippen MR) is 84.7 cm³/mol. The summed E-state index contributed by atoms with van der Waals surface area (Å²) in [6, 6.07) is 5.82. The van der Waals surface area contributed by atoms with E-state index in [1.165, 1.54) is 25.1 Å². The first kappa shape index (κ1) is 14.9. The van der Waals surface area contributed by atoms with Crippen LogP contribution in [0.25, 0.3) is 0 Å². The first-order valence-electron chi connectivity index (χ1n) is 8.10. The van der Waals surface area contributed by atoms with Crippen LogP contribution in [0.1, 0.15) is 31.9 Å². The van der Waals surface area contributed by atoms with Crippen LogP contribution in [0.2, 0.25) is 0 Å². The average Bonchev–Trinajstić information content (AvgIpc) is 3.15. The van der Waals surface area contributed by atoms with E-state index in [9.17, 15) is 0 Å². The highest BCUT2D eigenvalue weighted by atomic mass is 15.4. The zero-order valence-corrected chi connectivity index (χ0v) is 13.0. The van der Waals surface area contributed by atoms with Gasteiger partial charge < -0.3 is 5.32 Å². The van der Waals surface area contributed by atoms with Crippen LogP contribution in [0.15, 0.2) is 24.5 Å². The molecule has 1 aromatic heterocycles. The lowest BCUT2D eigenvalue weighted by molar-refractivity contribution is 0.266. The zero-order valence-electron chi connectivity index (χ0n) is 13.0. The molecule has 5 nitrogen and oxygen atoms in total. The maximum atomic E-state index is 4.24. The summed E-state index contributed by atoms with van der Waals surface area (Å²) < 4.78 is 0. The summed E-state index contributed by atoms with van der Waals surface area (Å²) in [5.41, 5.74) is 7.95. The fraction of sp³-hybridized carbons (Fsp3) is 0.688.